The molecule has 0 spiro atoms. The lowest BCUT2D eigenvalue weighted by molar-refractivity contribution is 0.264. The maximum absolute atomic E-state index is 14.1. The summed E-state index contributed by atoms with van der Waals surface area (Å²) in [7, 11) is -1.01. The molecule has 0 aliphatic carbocycles. The Morgan fingerprint density at radius 2 is 1.88 bits per heavy atom. The molecule has 2 N–H and O–H groups in total. The van der Waals surface area contributed by atoms with E-state index in [4.69, 9.17) is 10.5 Å². The van der Waals surface area contributed by atoms with Gasteiger partial charge in [-0.1, -0.05) is 0 Å². The zero-order valence-corrected chi connectivity index (χ0v) is 15.3. The Bertz CT molecular complexity index is 558. The van der Waals surface area contributed by atoms with E-state index in [-0.39, 0.29) is 24.8 Å². The summed E-state index contributed by atoms with van der Waals surface area (Å²) in [6, 6.07) is 2.24. The summed E-state index contributed by atoms with van der Waals surface area (Å²) in [5, 5.41) is 0. The van der Waals surface area contributed by atoms with E-state index in [0.29, 0.717) is 31.1 Å². The second kappa shape index (κ2) is 10.1. The Balaban J connectivity index is 0.00000288. The summed E-state index contributed by atoms with van der Waals surface area (Å²) in [5.74, 6) is -1.03. The van der Waals surface area contributed by atoms with Gasteiger partial charge >= 0.3 is 0 Å². The summed E-state index contributed by atoms with van der Waals surface area (Å²) in [6.07, 6.45) is 1.55. The van der Waals surface area contributed by atoms with Gasteiger partial charge < -0.3 is 15.4 Å². The number of benzene rings is 1. The van der Waals surface area contributed by atoms with Gasteiger partial charge in [0, 0.05) is 68.5 Å². The molecule has 0 bridgehead atoms. The van der Waals surface area contributed by atoms with Crippen LogP contribution in [-0.2, 0) is 10.8 Å². The predicted molar refractivity (Wildman–Crippen MR) is 95.7 cm³/mol. The van der Waals surface area contributed by atoms with E-state index in [2.05, 4.69) is 4.90 Å². The van der Waals surface area contributed by atoms with Crippen molar-refractivity contribution in [3.63, 3.8) is 0 Å². The molecule has 1 heterocycles. The van der Waals surface area contributed by atoms with Crippen LogP contribution in [-0.4, -0.2) is 67.0 Å². The molecular weight excluding hydrogens is 360 g/mol. The summed E-state index contributed by atoms with van der Waals surface area (Å²) in [4.78, 5) is 4.10. The number of hydrogen-bond acceptors (Lipinski definition) is 5. The Morgan fingerprint density at radius 1 is 1.21 bits per heavy atom. The summed E-state index contributed by atoms with van der Waals surface area (Å²) < 4.78 is 44.2. The first-order chi connectivity index (χ1) is 11.0. The first-order valence-electron chi connectivity index (χ1n) is 7.60. The number of halogens is 3. The zero-order chi connectivity index (χ0) is 16.8. The molecule has 5 nitrogen and oxygen atoms in total. The molecule has 1 saturated heterocycles. The van der Waals surface area contributed by atoms with Crippen molar-refractivity contribution in [3.05, 3.63) is 23.8 Å². The van der Waals surface area contributed by atoms with Crippen LogP contribution in [0.1, 0.15) is 0 Å². The number of anilines is 1. The van der Waals surface area contributed by atoms with Gasteiger partial charge in [0.2, 0.25) is 0 Å². The summed E-state index contributed by atoms with van der Waals surface area (Å²) in [6.45, 7) is 4.44. The average molecular weight is 384 g/mol. The van der Waals surface area contributed by atoms with Crippen molar-refractivity contribution in [2.45, 2.75) is 0 Å². The Hall–Kier alpha value is -0.960. The normalized spacial score (nSPS) is 16.6. The van der Waals surface area contributed by atoms with E-state index in [1.54, 1.807) is 6.26 Å². The average Bonchev–Trinajstić information content (AvgIpc) is 2.50. The largest absolute Gasteiger partial charge is 0.489 e. The van der Waals surface area contributed by atoms with E-state index in [9.17, 15) is 13.0 Å². The maximum Gasteiger partial charge on any atom is 0.168 e. The minimum atomic E-state index is -1.01. The van der Waals surface area contributed by atoms with Crippen molar-refractivity contribution in [2.75, 3.05) is 62.8 Å². The lowest BCUT2D eigenvalue weighted by Crippen LogP contribution is -2.48. The van der Waals surface area contributed by atoms with Crippen molar-refractivity contribution >= 4 is 28.9 Å². The van der Waals surface area contributed by atoms with Crippen molar-refractivity contribution in [1.82, 2.24) is 4.90 Å². The molecule has 1 aliphatic rings. The van der Waals surface area contributed by atoms with Crippen molar-refractivity contribution in [3.8, 4) is 5.75 Å². The SMILES string of the molecule is C[S@](=O)CCOc1cc(N2CCN(CCN)CC2)c(F)cc1F.Cl. The fourth-order valence-corrected chi connectivity index (χ4v) is 2.85. The van der Waals surface area contributed by atoms with Crippen LogP contribution in [0.3, 0.4) is 0 Å². The molecule has 9 heteroatoms. The molecular formula is C15H24ClF2N3O2S. The quantitative estimate of drug-likeness (QED) is 0.767. The molecule has 24 heavy (non-hydrogen) atoms. The molecule has 0 amide bonds. The third-order valence-corrected chi connectivity index (χ3v) is 4.53. The molecule has 0 unspecified atom stereocenters. The van der Waals surface area contributed by atoms with E-state index >= 15 is 0 Å². The number of nitrogens with two attached hydrogens (primary N) is 1. The lowest BCUT2D eigenvalue weighted by Gasteiger charge is -2.36. The van der Waals surface area contributed by atoms with Crippen LogP contribution in [0.15, 0.2) is 12.1 Å². The lowest BCUT2D eigenvalue weighted by atomic mass is 10.2. The predicted octanol–water partition coefficient (Wildman–Crippen LogP) is 1.22. The molecule has 1 aliphatic heterocycles. The monoisotopic (exact) mass is 383 g/mol. The van der Waals surface area contributed by atoms with Gasteiger partial charge in [0.15, 0.2) is 11.6 Å². The molecule has 0 saturated carbocycles. The van der Waals surface area contributed by atoms with Crippen molar-refractivity contribution in [1.29, 1.82) is 0 Å². The first-order valence-corrected chi connectivity index (χ1v) is 9.33. The van der Waals surface area contributed by atoms with Crippen molar-refractivity contribution in [2.24, 2.45) is 5.73 Å². The highest BCUT2D eigenvalue weighted by atomic mass is 35.5. The number of hydrogen-bond donors (Lipinski definition) is 1. The van der Waals surface area contributed by atoms with Crippen LogP contribution < -0.4 is 15.4 Å². The third-order valence-electron chi connectivity index (χ3n) is 3.79. The molecule has 1 atom stereocenters. The van der Waals surface area contributed by atoms with Crippen LogP contribution in [0.4, 0.5) is 14.5 Å². The summed E-state index contributed by atoms with van der Waals surface area (Å²) >= 11 is 0. The molecule has 1 aromatic carbocycles. The maximum atomic E-state index is 14.1. The van der Waals surface area contributed by atoms with E-state index in [1.165, 1.54) is 6.07 Å². The number of rotatable bonds is 7. The summed E-state index contributed by atoms with van der Waals surface area (Å²) in [5.41, 5.74) is 5.88. The van der Waals surface area contributed by atoms with Crippen LogP contribution in [0, 0.1) is 11.6 Å². The van der Waals surface area contributed by atoms with Gasteiger partial charge in [-0.2, -0.15) is 0 Å². The molecule has 1 fully saturated rings. The highest BCUT2D eigenvalue weighted by Gasteiger charge is 2.21. The van der Waals surface area contributed by atoms with Gasteiger partial charge in [-0.05, 0) is 0 Å². The second-order valence-electron chi connectivity index (χ2n) is 5.48. The molecule has 1 aromatic rings. The number of piperazine rings is 1. The third kappa shape index (κ3) is 5.84. The van der Waals surface area contributed by atoms with Crippen LogP contribution in [0.5, 0.6) is 5.75 Å². The van der Waals surface area contributed by atoms with E-state index in [1.807, 2.05) is 4.90 Å². The smallest absolute Gasteiger partial charge is 0.168 e. The Labute approximate surface area is 150 Å². The molecule has 2 rings (SSSR count). The Morgan fingerprint density at radius 3 is 2.46 bits per heavy atom. The van der Waals surface area contributed by atoms with Gasteiger partial charge in [-0.25, -0.2) is 8.78 Å². The van der Waals surface area contributed by atoms with Gasteiger partial charge in [-0.15, -0.1) is 12.4 Å². The highest BCUT2D eigenvalue weighted by molar-refractivity contribution is 7.84. The van der Waals surface area contributed by atoms with Crippen molar-refractivity contribution < 1.29 is 17.7 Å². The molecule has 0 radical (unpaired) electrons. The molecule has 138 valence electrons. The number of nitrogens with zero attached hydrogens (tertiary/aromatic N) is 2. The molecule has 0 aromatic heterocycles. The van der Waals surface area contributed by atoms with Gasteiger partial charge in [0.05, 0.1) is 18.0 Å². The van der Waals surface area contributed by atoms with Gasteiger partial charge in [0.25, 0.3) is 0 Å². The van der Waals surface area contributed by atoms with Gasteiger partial charge in [0.1, 0.15) is 5.82 Å². The first kappa shape index (κ1) is 21.1. The van der Waals surface area contributed by atoms with Crippen LogP contribution in [0.2, 0.25) is 0 Å². The standard InChI is InChI=1S/C15H23F2N3O2S.ClH/c1-23(21)9-8-22-15-11-14(12(16)10-13(15)17)20-6-4-19(3-2-18)5-7-20;/h10-11H,2-9,18H2,1H3;1H/t23-;/m0./s1. The minimum absolute atomic E-state index is 0. The fourth-order valence-electron chi connectivity index (χ4n) is 2.54. The number of ether oxygens (including phenoxy) is 1. The van der Waals surface area contributed by atoms with E-state index < -0.39 is 22.4 Å². The minimum Gasteiger partial charge on any atom is -0.489 e. The van der Waals surface area contributed by atoms with Crippen LogP contribution >= 0.6 is 12.4 Å². The van der Waals surface area contributed by atoms with E-state index in [0.717, 1.165) is 25.7 Å². The van der Waals surface area contributed by atoms with Gasteiger partial charge in [-0.3, -0.25) is 9.11 Å². The Kier molecular flexibility index (Phi) is 8.90. The highest BCUT2D eigenvalue weighted by Crippen LogP contribution is 2.29. The topological polar surface area (TPSA) is 58.8 Å². The zero-order valence-electron chi connectivity index (χ0n) is 13.7. The fraction of sp³-hybridized carbons (Fsp3) is 0.600. The second-order valence-corrected chi connectivity index (χ2v) is 7.03. The van der Waals surface area contributed by atoms with Crippen LogP contribution in [0.25, 0.3) is 0 Å².